The lowest BCUT2D eigenvalue weighted by molar-refractivity contribution is -0.115. The van der Waals surface area contributed by atoms with E-state index in [0.29, 0.717) is 33.7 Å². The van der Waals surface area contributed by atoms with Gasteiger partial charge in [0.2, 0.25) is 0 Å². The van der Waals surface area contributed by atoms with Crippen molar-refractivity contribution in [2.24, 2.45) is 4.99 Å². The van der Waals surface area contributed by atoms with E-state index in [1.807, 2.05) is 79.4 Å². The van der Waals surface area contributed by atoms with Crippen molar-refractivity contribution >= 4 is 40.5 Å². The van der Waals surface area contributed by atoms with Gasteiger partial charge in [-0.25, -0.2) is 4.99 Å². The number of rotatable bonds is 7. The van der Waals surface area contributed by atoms with Crippen molar-refractivity contribution in [1.82, 2.24) is 10.2 Å². The third kappa shape index (κ3) is 6.74. The maximum absolute atomic E-state index is 12.7. The fraction of sp³-hybridized carbons (Fsp3) is 0.281. The molecule has 2 aliphatic heterocycles. The maximum atomic E-state index is 12.7. The largest absolute Gasteiger partial charge is 0.493 e. The number of aryl methyl sites for hydroxylation is 2. The van der Waals surface area contributed by atoms with Crippen LogP contribution in [-0.4, -0.2) is 42.1 Å². The number of piperidine rings is 1. The number of thioether (sulfide) groups is 1. The Kier molecular flexibility index (Phi) is 8.55. The van der Waals surface area contributed by atoms with Crippen LogP contribution in [0.2, 0.25) is 0 Å². The first kappa shape index (κ1) is 27.5. The fourth-order valence-electron chi connectivity index (χ4n) is 4.84. The van der Waals surface area contributed by atoms with E-state index < -0.39 is 0 Å². The zero-order valence-electron chi connectivity index (χ0n) is 23.0. The zero-order chi connectivity index (χ0) is 28.1. The van der Waals surface area contributed by atoms with Crippen molar-refractivity contribution in [3.8, 4) is 11.5 Å². The summed E-state index contributed by atoms with van der Waals surface area (Å²) in [4.78, 5) is 32.4. The Morgan fingerprint density at radius 1 is 0.975 bits per heavy atom. The monoisotopic (exact) mass is 555 g/mol. The number of nitrogens with one attached hydrogen (secondary N) is 1. The molecule has 2 heterocycles. The smallest absolute Gasteiger partial charge is 0.264 e. The van der Waals surface area contributed by atoms with Gasteiger partial charge in [0, 0.05) is 18.7 Å². The number of carbonyl (C=O) groups excluding carboxylic acids is 2. The van der Waals surface area contributed by atoms with Gasteiger partial charge in [0.05, 0.1) is 17.7 Å². The molecule has 2 aliphatic rings. The molecule has 7 nitrogen and oxygen atoms in total. The highest BCUT2D eigenvalue weighted by Gasteiger charge is 2.24. The van der Waals surface area contributed by atoms with E-state index in [0.717, 1.165) is 53.9 Å². The van der Waals surface area contributed by atoms with Crippen LogP contribution in [0.5, 0.6) is 11.5 Å². The average Bonchev–Trinajstić information content (AvgIpc) is 3.29. The Balaban J connectivity index is 1.23. The van der Waals surface area contributed by atoms with E-state index in [4.69, 9.17) is 9.47 Å². The minimum absolute atomic E-state index is 0.0938. The number of aliphatic imine (C=N–C) groups is 1. The molecule has 1 N–H and O–H groups in total. The molecule has 0 radical (unpaired) electrons. The molecule has 5 rings (SSSR count). The summed E-state index contributed by atoms with van der Waals surface area (Å²) in [5, 5.41) is 3.40. The van der Waals surface area contributed by atoms with Gasteiger partial charge in [0.25, 0.3) is 11.8 Å². The third-order valence-electron chi connectivity index (χ3n) is 6.81. The molecule has 2 saturated heterocycles. The van der Waals surface area contributed by atoms with Gasteiger partial charge in [0.15, 0.2) is 16.7 Å². The number of hydrogen-bond donors (Lipinski definition) is 1. The number of amidine groups is 1. The molecule has 0 spiro atoms. The molecule has 40 heavy (non-hydrogen) atoms. The van der Waals surface area contributed by atoms with Gasteiger partial charge in [-0.1, -0.05) is 24.3 Å². The van der Waals surface area contributed by atoms with Crippen LogP contribution in [0.4, 0.5) is 5.69 Å². The topological polar surface area (TPSA) is 80.2 Å². The predicted octanol–water partition coefficient (Wildman–Crippen LogP) is 6.41. The van der Waals surface area contributed by atoms with E-state index in [1.54, 1.807) is 7.11 Å². The number of carbonyl (C=O) groups is 2. The second kappa shape index (κ2) is 12.4. The molecule has 8 heteroatoms. The van der Waals surface area contributed by atoms with E-state index in [9.17, 15) is 9.59 Å². The lowest BCUT2D eigenvalue weighted by Gasteiger charge is -2.26. The van der Waals surface area contributed by atoms with Gasteiger partial charge < -0.3 is 19.7 Å². The summed E-state index contributed by atoms with van der Waals surface area (Å²) in [5.74, 6) is 1.07. The van der Waals surface area contributed by atoms with Crippen LogP contribution in [0.15, 0.2) is 70.6 Å². The highest BCUT2D eigenvalue weighted by Crippen LogP contribution is 2.33. The standard InChI is InChI=1S/C32H33N3O4S/c1-21-15-22(2)17-26(16-21)33-32-34-30(36)29(40-32)19-24-9-12-27(28(18-24)38-3)39-20-23-7-10-25(11-8-23)31(37)35-13-5-4-6-14-35/h7-12,15-19H,4-6,13-14,20H2,1-3H3,(H,33,34,36)/b29-19-. The lowest BCUT2D eigenvalue weighted by Crippen LogP contribution is -2.35. The SMILES string of the molecule is COc1cc(/C=C2\SC(=Nc3cc(C)cc(C)c3)NC2=O)ccc1OCc1ccc(C(=O)N2CCCCC2)cc1. The van der Waals surface area contributed by atoms with E-state index >= 15 is 0 Å². The maximum Gasteiger partial charge on any atom is 0.264 e. The number of likely N-dealkylation sites (tertiary alicyclic amines) is 1. The molecule has 2 amide bonds. The Morgan fingerprint density at radius 2 is 1.70 bits per heavy atom. The molecule has 206 valence electrons. The van der Waals surface area contributed by atoms with Crippen molar-refractivity contribution in [1.29, 1.82) is 0 Å². The number of benzene rings is 3. The molecule has 0 aliphatic carbocycles. The van der Waals surface area contributed by atoms with Crippen molar-refractivity contribution < 1.29 is 19.1 Å². The van der Waals surface area contributed by atoms with Gasteiger partial charge in [-0.05, 0) is 110 Å². The summed E-state index contributed by atoms with van der Waals surface area (Å²) < 4.78 is 11.6. The molecule has 0 atom stereocenters. The van der Waals surface area contributed by atoms with Crippen LogP contribution in [0.3, 0.4) is 0 Å². The minimum atomic E-state index is -0.186. The molecule has 0 unspecified atom stereocenters. The van der Waals surface area contributed by atoms with Gasteiger partial charge in [0.1, 0.15) is 6.61 Å². The van der Waals surface area contributed by atoms with Crippen LogP contribution in [0, 0.1) is 13.8 Å². The minimum Gasteiger partial charge on any atom is -0.493 e. The van der Waals surface area contributed by atoms with Crippen LogP contribution < -0.4 is 14.8 Å². The first-order chi connectivity index (χ1) is 19.4. The second-order valence-electron chi connectivity index (χ2n) is 10.1. The Hall–Kier alpha value is -4.04. The molecule has 3 aromatic carbocycles. The number of ether oxygens (including phenoxy) is 2. The first-order valence-electron chi connectivity index (χ1n) is 13.4. The molecular weight excluding hydrogens is 522 g/mol. The molecule has 2 fully saturated rings. The summed E-state index contributed by atoms with van der Waals surface area (Å²) in [7, 11) is 1.59. The van der Waals surface area contributed by atoms with Gasteiger partial charge in [-0.3, -0.25) is 9.59 Å². The van der Waals surface area contributed by atoms with Crippen LogP contribution >= 0.6 is 11.8 Å². The highest BCUT2D eigenvalue weighted by molar-refractivity contribution is 8.18. The Labute approximate surface area is 239 Å². The van der Waals surface area contributed by atoms with Crippen LogP contribution in [0.1, 0.15) is 51.9 Å². The van der Waals surface area contributed by atoms with Crippen LogP contribution in [0.25, 0.3) is 6.08 Å². The Morgan fingerprint density at radius 3 is 2.40 bits per heavy atom. The van der Waals surface area contributed by atoms with Crippen molar-refractivity contribution in [3.05, 3.63) is 93.4 Å². The van der Waals surface area contributed by atoms with Crippen molar-refractivity contribution in [3.63, 3.8) is 0 Å². The second-order valence-corrected chi connectivity index (χ2v) is 11.1. The number of methoxy groups -OCH3 is 1. The number of nitrogens with zero attached hydrogens (tertiary/aromatic N) is 2. The quantitative estimate of drug-likeness (QED) is 0.341. The molecule has 0 bridgehead atoms. The number of amides is 2. The fourth-order valence-corrected chi connectivity index (χ4v) is 5.68. The molecule has 0 aromatic heterocycles. The molecule has 3 aromatic rings. The van der Waals surface area contributed by atoms with E-state index in [2.05, 4.69) is 16.4 Å². The van der Waals surface area contributed by atoms with Gasteiger partial charge >= 0.3 is 0 Å². The first-order valence-corrected chi connectivity index (χ1v) is 14.3. The summed E-state index contributed by atoms with van der Waals surface area (Å²) in [5.41, 5.74) is 5.54. The third-order valence-corrected chi connectivity index (χ3v) is 7.72. The summed E-state index contributed by atoms with van der Waals surface area (Å²) >= 11 is 1.31. The highest BCUT2D eigenvalue weighted by atomic mass is 32.2. The van der Waals surface area contributed by atoms with E-state index in [-0.39, 0.29) is 11.8 Å². The van der Waals surface area contributed by atoms with Gasteiger partial charge in [-0.2, -0.15) is 0 Å². The normalized spacial score (nSPS) is 17.3. The van der Waals surface area contributed by atoms with Crippen molar-refractivity contribution in [2.45, 2.75) is 39.7 Å². The zero-order valence-corrected chi connectivity index (χ0v) is 23.8. The number of hydrogen-bond acceptors (Lipinski definition) is 6. The predicted molar refractivity (Wildman–Crippen MR) is 160 cm³/mol. The Bertz CT molecular complexity index is 1450. The summed E-state index contributed by atoms with van der Waals surface area (Å²) in [6.45, 7) is 6.06. The van der Waals surface area contributed by atoms with Gasteiger partial charge in [-0.15, -0.1) is 0 Å². The average molecular weight is 556 g/mol. The molecular formula is C32H33N3O4S. The van der Waals surface area contributed by atoms with E-state index in [1.165, 1.54) is 18.2 Å². The molecule has 0 saturated carbocycles. The summed E-state index contributed by atoms with van der Waals surface area (Å²) in [6, 6.07) is 19.2. The van der Waals surface area contributed by atoms with Crippen molar-refractivity contribution in [2.75, 3.05) is 20.2 Å². The lowest BCUT2D eigenvalue weighted by atomic mass is 10.1. The van der Waals surface area contributed by atoms with Crippen LogP contribution in [-0.2, 0) is 11.4 Å². The summed E-state index contributed by atoms with van der Waals surface area (Å²) in [6.07, 6.45) is 5.16.